The molecule has 0 atom stereocenters. The van der Waals surface area contributed by atoms with Crippen molar-refractivity contribution in [2.24, 2.45) is 12.0 Å². The quantitative estimate of drug-likeness (QED) is 0.646. The Bertz CT molecular complexity index is 686. The minimum atomic E-state index is -0.235. The van der Waals surface area contributed by atoms with E-state index in [4.69, 9.17) is 4.74 Å². The Kier molecular flexibility index (Phi) is 5.78. The van der Waals surface area contributed by atoms with Crippen molar-refractivity contribution in [1.82, 2.24) is 25.4 Å². The third-order valence-corrected chi connectivity index (χ3v) is 3.28. The van der Waals surface area contributed by atoms with E-state index >= 15 is 0 Å². The fraction of sp³-hybridized carbons (Fsp3) is 0.471. The molecule has 24 heavy (non-hydrogen) atoms. The zero-order valence-electron chi connectivity index (χ0n) is 15.0. The van der Waals surface area contributed by atoms with Crippen molar-refractivity contribution in [3.8, 4) is 5.75 Å². The molecule has 0 radical (unpaired) electrons. The summed E-state index contributed by atoms with van der Waals surface area (Å²) in [4.78, 5) is 8.41. The number of nitrogens with one attached hydrogen (secondary N) is 2. The molecule has 7 heteroatoms. The largest absolute Gasteiger partial charge is 0.488 e. The van der Waals surface area contributed by atoms with Crippen LogP contribution in [-0.4, -0.2) is 33.4 Å². The van der Waals surface area contributed by atoms with Gasteiger partial charge in [-0.15, -0.1) is 0 Å². The fourth-order valence-corrected chi connectivity index (χ4v) is 2.12. The highest BCUT2D eigenvalue weighted by Gasteiger charge is 2.14. The fourth-order valence-electron chi connectivity index (χ4n) is 2.12. The van der Waals surface area contributed by atoms with E-state index in [1.807, 2.05) is 52.1 Å². The first-order valence-electron chi connectivity index (χ1n) is 7.93. The summed E-state index contributed by atoms with van der Waals surface area (Å²) in [6.07, 6.45) is 1.54. The first-order valence-corrected chi connectivity index (χ1v) is 7.93. The topological polar surface area (TPSA) is 76.4 Å². The molecule has 2 rings (SSSR count). The molecule has 1 aromatic carbocycles. The monoisotopic (exact) mass is 330 g/mol. The molecule has 0 aliphatic heterocycles. The molecule has 0 saturated heterocycles. The summed E-state index contributed by atoms with van der Waals surface area (Å²) in [5, 5.41) is 10.6. The molecule has 2 aromatic rings. The number of hydrogen-bond acceptors (Lipinski definition) is 4. The predicted octanol–water partition coefficient (Wildman–Crippen LogP) is 1.86. The number of hydrogen-bond donors (Lipinski definition) is 2. The normalized spacial score (nSPS) is 12.1. The van der Waals surface area contributed by atoms with Gasteiger partial charge in [-0.05, 0) is 26.8 Å². The van der Waals surface area contributed by atoms with Gasteiger partial charge in [-0.25, -0.2) is 4.98 Å². The van der Waals surface area contributed by atoms with Gasteiger partial charge in [0.15, 0.2) is 5.96 Å². The van der Waals surface area contributed by atoms with Crippen LogP contribution in [-0.2, 0) is 20.1 Å². The van der Waals surface area contributed by atoms with Gasteiger partial charge in [0.2, 0.25) is 0 Å². The second-order valence-electron chi connectivity index (χ2n) is 6.40. The molecular weight excluding hydrogens is 304 g/mol. The van der Waals surface area contributed by atoms with E-state index in [2.05, 4.69) is 25.7 Å². The lowest BCUT2D eigenvalue weighted by Crippen LogP contribution is -2.37. The molecule has 0 aliphatic carbocycles. The van der Waals surface area contributed by atoms with E-state index in [0.29, 0.717) is 19.0 Å². The van der Waals surface area contributed by atoms with Crippen LogP contribution in [0.2, 0.25) is 0 Å². The predicted molar refractivity (Wildman–Crippen MR) is 94.9 cm³/mol. The molecule has 0 amide bonds. The number of aliphatic imine (C=N–C) groups is 1. The van der Waals surface area contributed by atoms with Gasteiger partial charge >= 0.3 is 0 Å². The van der Waals surface area contributed by atoms with Crippen LogP contribution in [0.1, 0.15) is 32.2 Å². The first kappa shape index (κ1) is 17.8. The minimum Gasteiger partial charge on any atom is -0.488 e. The molecule has 2 N–H and O–H groups in total. The number of ether oxygens (including phenoxy) is 1. The van der Waals surface area contributed by atoms with Gasteiger partial charge in [-0.3, -0.25) is 9.67 Å². The van der Waals surface area contributed by atoms with Crippen LogP contribution >= 0.6 is 0 Å². The highest BCUT2D eigenvalue weighted by molar-refractivity contribution is 5.79. The SMILES string of the molecule is CN=C(NCc1ccccc1OC(C)(C)C)NCc1ncnn1C. The molecule has 130 valence electrons. The van der Waals surface area contributed by atoms with E-state index in [1.54, 1.807) is 11.7 Å². The third kappa shape index (κ3) is 5.26. The van der Waals surface area contributed by atoms with Crippen LogP contribution in [0.5, 0.6) is 5.75 Å². The maximum absolute atomic E-state index is 6.01. The highest BCUT2D eigenvalue weighted by atomic mass is 16.5. The average Bonchev–Trinajstić information content (AvgIpc) is 2.93. The van der Waals surface area contributed by atoms with E-state index in [0.717, 1.165) is 17.1 Å². The number of guanidine groups is 1. The van der Waals surface area contributed by atoms with E-state index in [-0.39, 0.29) is 5.60 Å². The number of para-hydroxylation sites is 1. The number of benzene rings is 1. The Labute approximate surface area is 143 Å². The zero-order valence-corrected chi connectivity index (χ0v) is 15.0. The zero-order chi connectivity index (χ0) is 17.6. The van der Waals surface area contributed by atoms with Crippen molar-refractivity contribution in [2.75, 3.05) is 7.05 Å². The number of aryl methyl sites for hydroxylation is 1. The summed E-state index contributed by atoms with van der Waals surface area (Å²) < 4.78 is 7.74. The van der Waals surface area contributed by atoms with Crippen LogP contribution in [0, 0.1) is 0 Å². The van der Waals surface area contributed by atoms with Crippen molar-refractivity contribution < 1.29 is 4.74 Å². The van der Waals surface area contributed by atoms with Gasteiger partial charge in [0.1, 0.15) is 23.5 Å². The summed E-state index contributed by atoms with van der Waals surface area (Å²) in [6.45, 7) is 7.29. The molecular formula is C17H26N6O. The van der Waals surface area contributed by atoms with Crippen LogP contribution in [0.3, 0.4) is 0 Å². The van der Waals surface area contributed by atoms with E-state index in [1.165, 1.54) is 6.33 Å². The molecule has 1 aromatic heterocycles. The van der Waals surface area contributed by atoms with Crippen LogP contribution in [0.4, 0.5) is 0 Å². The van der Waals surface area contributed by atoms with Gasteiger partial charge in [0, 0.05) is 26.2 Å². The lowest BCUT2D eigenvalue weighted by molar-refractivity contribution is 0.129. The maximum Gasteiger partial charge on any atom is 0.191 e. The van der Waals surface area contributed by atoms with Gasteiger partial charge in [0.25, 0.3) is 0 Å². The summed E-state index contributed by atoms with van der Waals surface area (Å²) in [7, 11) is 3.60. The van der Waals surface area contributed by atoms with Crippen LogP contribution in [0.25, 0.3) is 0 Å². The molecule has 0 bridgehead atoms. The van der Waals surface area contributed by atoms with Crippen molar-refractivity contribution in [3.63, 3.8) is 0 Å². The molecule has 0 saturated carbocycles. The molecule has 0 spiro atoms. The van der Waals surface area contributed by atoms with Gasteiger partial charge < -0.3 is 15.4 Å². The van der Waals surface area contributed by atoms with Gasteiger partial charge in [0.05, 0.1) is 6.54 Å². The average molecular weight is 330 g/mol. The standard InChI is InChI=1S/C17H26N6O/c1-17(2,3)24-14-9-7-6-8-13(14)10-19-16(18-4)20-11-15-21-12-22-23(15)5/h6-9,12H,10-11H2,1-5H3,(H2,18,19,20). The lowest BCUT2D eigenvalue weighted by Gasteiger charge is -2.23. The molecule has 0 unspecified atom stereocenters. The van der Waals surface area contributed by atoms with Crippen LogP contribution < -0.4 is 15.4 Å². The Hall–Kier alpha value is -2.57. The second kappa shape index (κ2) is 7.81. The molecule has 7 nitrogen and oxygen atoms in total. The Morgan fingerprint density at radius 1 is 1.21 bits per heavy atom. The maximum atomic E-state index is 6.01. The first-order chi connectivity index (χ1) is 11.4. The number of rotatable bonds is 5. The van der Waals surface area contributed by atoms with Crippen LogP contribution in [0.15, 0.2) is 35.6 Å². The summed E-state index contributed by atoms with van der Waals surface area (Å²) in [5.41, 5.74) is 0.843. The minimum absolute atomic E-state index is 0.235. The Morgan fingerprint density at radius 3 is 2.54 bits per heavy atom. The highest BCUT2D eigenvalue weighted by Crippen LogP contribution is 2.22. The van der Waals surface area contributed by atoms with E-state index in [9.17, 15) is 0 Å². The molecule has 0 aliphatic rings. The smallest absolute Gasteiger partial charge is 0.191 e. The van der Waals surface area contributed by atoms with Crippen molar-refractivity contribution in [3.05, 3.63) is 42.0 Å². The Morgan fingerprint density at radius 2 is 1.92 bits per heavy atom. The molecule has 0 fully saturated rings. The lowest BCUT2D eigenvalue weighted by atomic mass is 10.1. The Balaban J connectivity index is 1.95. The van der Waals surface area contributed by atoms with E-state index < -0.39 is 0 Å². The summed E-state index contributed by atoms with van der Waals surface area (Å²) in [6, 6.07) is 8.01. The van der Waals surface area contributed by atoms with Crippen molar-refractivity contribution in [1.29, 1.82) is 0 Å². The number of nitrogens with zero attached hydrogens (tertiary/aromatic N) is 4. The summed E-state index contributed by atoms with van der Waals surface area (Å²) >= 11 is 0. The third-order valence-electron chi connectivity index (χ3n) is 3.28. The summed E-state index contributed by atoms with van der Waals surface area (Å²) in [5.74, 6) is 2.42. The second-order valence-corrected chi connectivity index (χ2v) is 6.40. The number of aromatic nitrogens is 3. The van der Waals surface area contributed by atoms with Gasteiger partial charge in [-0.1, -0.05) is 18.2 Å². The van der Waals surface area contributed by atoms with Crippen molar-refractivity contribution in [2.45, 2.75) is 39.5 Å². The molecule has 1 heterocycles. The van der Waals surface area contributed by atoms with Gasteiger partial charge in [-0.2, -0.15) is 5.10 Å². The van der Waals surface area contributed by atoms with Crippen molar-refractivity contribution >= 4 is 5.96 Å².